The predicted octanol–water partition coefficient (Wildman–Crippen LogP) is 3.18. The van der Waals surface area contributed by atoms with E-state index >= 15 is 0 Å². The number of hydrogen-bond acceptors (Lipinski definition) is 2. The van der Waals surface area contributed by atoms with E-state index in [2.05, 4.69) is 0 Å². The van der Waals surface area contributed by atoms with Crippen LogP contribution in [-0.4, -0.2) is 11.4 Å². The van der Waals surface area contributed by atoms with E-state index in [9.17, 15) is 9.90 Å². The third-order valence-corrected chi connectivity index (χ3v) is 2.54. The Morgan fingerprint density at radius 2 is 1.62 bits per heavy atom. The molecule has 2 heteroatoms. The molecular weight excluding hydrogens is 200 g/mol. The lowest BCUT2D eigenvalue weighted by Gasteiger charge is -2.04. The first-order chi connectivity index (χ1) is 7.70. The minimum atomic E-state index is 0.0193. The standard InChI is InChI=1S/C14H12O2/c1-10-2-4-11(5-3-10)12-6-7-14(16)13(8-12)9-15/h2-9,16H,1H3. The normalized spacial score (nSPS) is 10.1. The zero-order valence-electron chi connectivity index (χ0n) is 8.97. The van der Waals surface area contributed by atoms with E-state index in [4.69, 9.17) is 0 Å². The van der Waals surface area contributed by atoms with Gasteiger partial charge in [0.1, 0.15) is 5.75 Å². The smallest absolute Gasteiger partial charge is 0.153 e. The maximum atomic E-state index is 10.7. The summed E-state index contributed by atoms with van der Waals surface area (Å²) in [5, 5.41) is 9.39. The van der Waals surface area contributed by atoms with Crippen molar-refractivity contribution in [2.75, 3.05) is 0 Å². The zero-order valence-corrected chi connectivity index (χ0v) is 8.97. The quantitative estimate of drug-likeness (QED) is 0.776. The van der Waals surface area contributed by atoms with Gasteiger partial charge in [-0.3, -0.25) is 4.79 Å². The van der Waals surface area contributed by atoms with Crippen LogP contribution in [0.5, 0.6) is 5.75 Å². The molecule has 0 amide bonds. The number of phenols is 1. The summed E-state index contributed by atoms with van der Waals surface area (Å²) in [7, 11) is 0. The minimum absolute atomic E-state index is 0.0193. The molecule has 0 spiro atoms. The molecular formula is C14H12O2. The van der Waals surface area contributed by atoms with Crippen molar-refractivity contribution < 1.29 is 9.90 Å². The summed E-state index contributed by atoms with van der Waals surface area (Å²) in [6.45, 7) is 2.03. The van der Waals surface area contributed by atoms with Gasteiger partial charge in [-0.2, -0.15) is 0 Å². The third kappa shape index (κ3) is 1.96. The van der Waals surface area contributed by atoms with Crippen LogP contribution in [0.1, 0.15) is 15.9 Å². The van der Waals surface area contributed by atoms with Crippen LogP contribution in [0.3, 0.4) is 0 Å². The number of benzene rings is 2. The number of carbonyl (C=O) groups excluding carboxylic acids is 1. The minimum Gasteiger partial charge on any atom is -0.507 e. The first-order valence-corrected chi connectivity index (χ1v) is 5.06. The summed E-state index contributed by atoms with van der Waals surface area (Å²) < 4.78 is 0. The topological polar surface area (TPSA) is 37.3 Å². The molecule has 0 aliphatic heterocycles. The monoisotopic (exact) mass is 212 g/mol. The van der Waals surface area contributed by atoms with Gasteiger partial charge in [-0.15, -0.1) is 0 Å². The van der Waals surface area contributed by atoms with Crippen LogP contribution in [0.2, 0.25) is 0 Å². The summed E-state index contributed by atoms with van der Waals surface area (Å²) in [4.78, 5) is 10.7. The van der Waals surface area contributed by atoms with Gasteiger partial charge in [0.05, 0.1) is 5.56 Å². The Bertz CT molecular complexity index is 513. The van der Waals surface area contributed by atoms with Gasteiger partial charge in [-0.05, 0) is 30.2 Å². The highest BCUT2D eigenvalue weighted by molar-refractivity contribution is 5.82. The number of carbonyl (C=O) groups is 1. The van der Waals surface area contributed by atoms with Gasteiger partial charge in [0.2, 0.25) is 0 Å². The number of phenolic OH excluding ortho intramolecular Hbond substituents is 1. The van der Waals surface area contributed by atoms with E-state index in [-0.39, 0.29) is 5.75 Å². The SMILES string of the molecule is Cc1ccc(-c2ccc(O)c(C=O)c2)cc1. The van der Waals surface area contributed by atoms with Crippen molar-refractivity contribution in [3.05, 3.63) is 53.6 Å². The molecule has 0 saturated heterocycles. The van der Waals surface area contributed by atoms with Crippen molar-refractivity contribution in [2.45, 2.75) is 6.92 Å². The molecule has 0 saturated carbocycles. The van der Waals surface area contributed by atoms with E-state index in [1.807, 2.05) is 31.2 Å². The highest BCUT2D eigenvalue weighted by Gasteiger charge is 2.03. The van der Waals surface area contributed by atoms with Crippen molar-refractivity contribution in [1.29, 1.82) is 0 Å². The second-order valence-corrected chi connectivity index (χ2v) is 3.76. The average Bonchev–Trinajstić information content (AvgIpc) is 2.31. The third-order valence-electron chi connectivity index (χ3n) is 2.54. The largest absolute Gasteiger partial charge is 0.507 e. The lowest BCUT2D eigenvalue weighted by molar-refractivity contribution is 0.112. The van der Waals surface area contributed by atoms with Crippen LogP contribution < -0.4 is 0 Å². The summed E-state index contributed by atoms with van der Waals surface area (Å²) in [6, 6.07) is 13.1. The summed E-state index contributed by atoms with van der Waals surface area (Å²) in [6.07, 6.45) is 0.660. The molecule has 0 fully saturated rings. The average molecular weight is 212 g/mol. The molecule has 2 aromatic rings. The maximum Gasteiger partial charge on any atom is 0.153 e. The fraction of sp³-hybridized carbons (Fsp3) is 0.0714. The molecule has 2 rings (SSSR count). The van der Waals surface area contributed by atoms with Gasteiger partial charge in [-0.25, -0.2) is 0 Å². The Balaban J connectivity index is 2.48. The molecule has 0 radical (unpaired) electrons. The first kappa shape index (κ1) is 10.4. The number of aryl methyl sites for hydroxylation is 1. The highest BCUT2D eigenvalue weighted by atomic mass is 16.3. The van der Waals surface area contributed by atoms with Crippen LogP contribution in [0.15, 0.2) is 42.5 Å². The van der Waals surface area contributed by atoms with Crippen molar-refractivity contribution in [3.8, 4) is 16.9 Å². The molecule has 1 N–H and O–H groups in total. The molecule has 0 bridgehead atoms. The van der Waals surface area contributed by atoms with Gasteiger partial charge in [-0.1, -0.05) is 35.9 Å². The summed E-state index contributed by atoms with van der Waals surface area (Å²) in [5.74, 6) is 0.0193. The van der Waals surface area contributed by atoms with Crippen molar-refractivity contribution in [3.63, 3.8) is 0 Å². The highest BCUT2D eigenvalue weighted by Crippen LogP contribution is 2.25. The fourth-order valence-electron chi connectivity index (χ4n) is 1.57. The van der Waals surface area contributed by atoms with Gasteiger partial charge in [0, 0.05) is 0 Å². The first-order valence-electron chi connectivity index (χ1n) is 5.06. The van der Waals surface area contributed by atoms with Crippen molar-refractivity contribution >= 4 is 6.29 Å². The summed E-state index contributed by atoms with van der Waals surface area (Å²) in [5.41, 5.74) is 3.48. The number of rotatable bonds is 2. The molecule has 0 aliphatic rings. The molecule has 0 unspecified atom stereocenters. The second kappa shape index (κ2) is 4.19. The summed E-state index contributed by atoms with van der Waals surface area (Å²) >= 11 is 0. The molecule has 0 aromatic heterocycles. The Hall–Kier alpha value is -2.09. The lowest BCUT2D eigenvalue weighted by atomic mass is 10.0. The Morgan fingerprint density at radius 1 is 1.00 bits per heavy atom. The van der Waals surface area contributed by atoms with Crippen LogP contribution in [0.4, 0.5) is 0 Å². The van der Waals surface area contributed by atoms with Crippen LogP contribution in [0.25, 0.3) is 11.1 Å². The van der Waals surface area contributed by atoms with Gasteiger partial charge in [0.25, 0.3) is 0 Å². The van der Waals surface area contributed by atoms with E-state index in [0.717, 1.165) is 11.1 Å². The van der Waals surface area contributed by atoms with Crippen LogP contribution >= 0.6 is 0 Å². The molecule has 80 valence electrons. The Morgan fingerprint density at radius 3 is 2.25 bits per heavy atom. The van der Waals surface area contributed by atoms with E-state index < -0.39 is 0 Å². The number of aromatic hydroxyl groups is 1. The van der Waals surface area contributed by atoms with Gasteiger partial charge >= 0.3 is 0 Å². The molecule has 0 atom stereocenters. The molecule has 16 heavy (non-hydrogen) atoms. The fourth-order valence-corrected chi connectivity index (χ4v) is 1.57. The van der Waals surface area contributed by atoms with Crippen LogP contribution in [0, 0.1) is 6.92 Å². The van der Waals surface area contributed by atoms with Gasteiger partial charge in [0.15, 0.2) is 6.29 Å². The predicted molar refractivity (Wildman–Crippen MR) is 63.7 cm³/mol. The Kier molecular flexibility index (Phi) is 2.73. The van der Waals surface area contributed by atoms with E-state index in [1.165, 1.54) is 5.56 Å². The number of hydrogen-bond donors (Lipinski definition) is 1. The van der Waals surface area contributed by atoms with Crippen LogP contribution in [-0.2, 0) is 0 Å². The van der Waals surface area contributed by atoms with E-state index in [0.29, 0.717) is 11.8 Å². The Labute approximate surface area is 94.2 Å². The molecule has 2 aromatic carbocycles. The van der Waals surface area contributed by atoms with Gasteiger partial charge < -0.3 is 5.11 Å². The second-order valence-electron chi connectivity index (χ2n) is 3.76. The number of aldehydes is 1. The van der Waals surface area contributed by atoms with Crippen molar-refractivity contribution in [1.82, 2.24) is 0 Å². The van der Waals surface area contributed by atoms with Crippen molar-refractivity contribution in [2.24, 2.45) is 0 Å². The zero-order chi connectivity index (χ0) is 11.5. The molecule has 2 nitrogen and oxygen atoms in total. The molecule has 0 heterocycles. The van der Waals surface area contributed by atoms with E-state index in [1.54, 1.807) is 18.2 Å². The molecule has 0 aliphatic carbocycles. The maximum absolute atomic E-state index is 10.7. The lowest BCUT2D eigenvalue weighted by Crippen LogP contribution is -1.84.